The van der Waals surface area contributed by atoms with Crippen LogP contribution in [0.15, 0.2) is 12.3 Å². The number of rotatable bonds is 4. The Bertz CT molecular complexity index is 401. The second-order valence-corrected chi connectivity index (χ2v) is 3.55. The lowest BCUT2D eigenvalue weighted by Crippen LogP contribution is -2.22. The number of carboxylic acids is 1. The maximum Gasteiger partial charge on any atom is 0.306 e. The molecule has 0 saturated carbocycles. The molecule has 0 fully saturated rings. The van der Waals surface area contributed by atoms with E-state index in [1.165, 1.54) is 0 Å². The Morgan fingerprint density at radius 2 is 2.19 bits per heavy atom. The lowest BCUT2D eigenvalue weighted by molar-refractivity contribution is -0.141. The number of aliphatic hydroxyl groups excluding tert-OH is 2. The van der Waals surface area contributed by atoms with E-state index in [4.69, 9.17) is 16.7 Å². The number of halogens is 2. The standard InChI is InChI=1S/C9H9ClFNO4/c10-5-3-12-7(11)1-4(5)9(16)6(13)2-8(14)15/h1,3,6,9,13,16H,2H2,(H,14,15). The number of carbonyl (C=O) groups is 1. The quantitative estimate of drug-likeness (QED) is 0.685. The summed E-state index contributed by atoms with van der Waals surface area (Å²) in [4.78, 5) is 13.5. The average molecular weight is 250 g/mol. The summed E-state index contributed by atoms with van der Waals surface area (Å²) in [6.07, 6.45) is -2.82. The molecule has 1 heterocycles. The van der Waals surface area contributed by atoms with Gasteiger partial charge in [0, 0.05) is 17.8 Å². The molecule has 16 heavy (non-hydrogen) atoms. The summed E-state index contributed by atoms with van der Waals surface area (Å²) in [6, 6.07) is 0.845. The first kappa shape index (κ1) is 12.8. The fraction of sp³-hybridized carbons (Fsp3) is 0.333. The van der Waals surface area contributed by atoms with Crippen LogP contribution in [0.5, 0.6) is 0 Å². The van der Waals surface area contributed by atoms with Gasteiger partial charge >= 0.3 is 5.97 Å². The van der Waals surface area contributed by atoms with Crippen LogP contribution in [-0.2, 0) is 4.79 Å². The Labute approximate surface area is 95.1 Å². The van der Waals surface area contributed by atoms with Gasteiger partial charge in [-0.05, 0) is 0 Å². The molecule has 0 aliphatic heterocycles. The monoisotopic (exact) mass is 249 g/mol. The predicted octanol–water partition coefficient (Wildman–Crippen LogP) is 0.743. The van der Waals surface area contributed by atoms with E-state index in [-0.39, 0.29) is 10.6 Å². The van der Waals surface area contributed by atoms with Crippen LogP contribution >= 0.6 is 11.6 Å². The second kappa shape index (κ2) is 5.20. The van der Waals surface area contributed by atoms with E-state index in [2.05, 4.69) is 4.98 Å². The summed E-state index contributed by atoms with van der Waals surface area (Å²) >= 11 is 5.62. The molecule has 3 N–H and O–H groups in total. The van der Waals surface area contributed by atoms with Crippen molar-refractivity contribution in [3.8, 4) is 0 Å². The van der Waals surface area contributed by atoms with Gasteiger partial charge in [-0.25, -0.2) is 4.98 Å². The molecule has 7 heteroatoms. The normalized spacial score (nSPS) is 14.5. The molecule has 0 aromatic carbocycles. The highest BCUT2D eigenvalue weighted by Crippen LogP contribution is 2.26. The highest BCUT2D eigenvalue weighted by molar-refractivity contribution is 6.31. The minimum absolute atomic E-state index is 0.0432. The van der Waals surface area contributed by atoms with Gasteiger partial charge in [0.15, 0.2) is 0 Å². The Balaban J connectivity index is 2.90. The molecule has 0 aliphatic carbocycles. The SMILES string of the molecule is O=C(O)CC(O)C(O)c1cc(F)ncc1Cl. The van der Waals surface area contributed by atoms with Crippen LogP contribution in [0.25, 0.3) is 0 Å². The van der Waals surface area contributed by atoms with Gasteiger partial charge in [-0.15, -0.1) is 0 Å². The summed E-state index contributed by atoms with van der Waals surface area (Å²) in [5, 5.41) is 27.2. The molecular formula is C9H9ClFNO4. The number of nitrogens with zero attached hydrogens (tertiary/aromatic N) is 1. The summed E-state index contributed by atoms with van der Waals surface area (Å²) in [5.41, 5.74) is -0.0945. The van der Waals surface area contributed by atoms with Crippen LogP contribution in [0.2, 0.25) is 5.02 Å². The zero-order chi connectivity index (χ0) is 12.3. The molecule has 0 aliphatic rings. The zero-order valence-corrected chi connectivity index (χ0v) is 8.73. The van der Waals surface area contributed by atoms with Gasteiger partial charge in [0.25, 0.3) is 0 Å². The first-order valence-electron chi connectivity index (χ1n) is 4.30. The largest absolute Gasteiger partial charge is 0.481 e. The van der Waals surface area contributed by atoms with Crippen molar-refractivity contribution in [3.63, 3.8) is 0 Å². The van der Waals surface area contributed by atoms with Crippen molar-refractivity contribution in [2.24, 2.45) is 0 Å². The Hall–Kier alpha value is -1.24. The molecule has 2 unspecified atom stereocenters. The van der Waals surface area contributed by atoms with Crippen LogP contribution in [0.3, 0.4) is 0 Å². The lowest BCUT2D eigenvalue weighted by Gasteiger charge is -2.17. The van der Waals surface area contributed by atoms with E-state index in [1.54, 1.807) is 0 Å². The Kier molecular flexibility index (Phi) is 4.17. The fourth-order valence-electron chi connectivity index (χ4n) is 1.15. The number of carboxylic acid groups (broad SMARTS) is 1. The zero-order valence-electron chi connectivity index (χ0n) is 7.97. The van der Waals surface area contributed by atoms with Crippen molar-refractivity contribution >= 4 is 17.6 Å². The molecule has 0 spiro atoms. The van der Waals surface area contributed by atoms with Crippen molar-refractivity contribution in [2.75, 3.05) is 0 Å². The summed E-state index contributed by atoms with van der Waals surface area (Å²) in [5.74, 6) is -2.15. The third-order valence-electron chi connectivity index (χ3n) is 1.92. The van der Waals surface area contributed by atoms with Gasteiger partial charge in [-0.1, -0.05) is 11.6 Å². The number of aliphatic carboxylic acids is 1. The maximum atomic E-state index is 12.8. The molecule has 1 rings (SSSR count). The number of aromatic nitrogens is 1. The smallest absolute Gasteiger partial charge is 0.306 e. The molecule has 0 amide bonds. The first-order chi connectivity index (χ1) is 7.41. The first-order valence-corrected chi connectivity index (χ1v) is 4.68. The van der Waals surface area contributed by atoms with Gasteiger partial charge < -0.3 is 15.3 Å². The number of pyridine rings is 1. The van der Waals surface area contributed by atoms with Crippen molar-refractivity contribution in [1.29, 1.82) is 0 Å². The molecule has 2 atom stereocenters. The summed E-state index contributed by atoms with van der Waals surface area (Å²) in [7, 11) is 0. The highest BCUT2D eigenvalue weighted by atomic mass is 35.5. The Morgan fingerprint density at radius 1 is 1.56 bits per heavy atom. The third-order valence-corrected chi connectivity index (χ3v) is 2.23. The topological polar surface area (TPSA) is 90.7 Å². The van der Waals surface area contributed by atoms with Crippen LogP contribution in [0, 0.1) is 5.95 Å². The van der Waals surface area contributed by atoms with E-state index in [1.807, 2.05) is 0 Å². The van der Waals surface area contributed by atoms with E-state index in [0.29, 0.717) is 0 Å². The summed E-state index contributed by atoms with van der Waals surface area (Å²) in [6.45, 7) is 0. The van der Waals surface area contributed by atoms with Gasteiger partial charge in [0.05, 0.1) is 17.5 Å². The molecule has 0 bridgehead atoms. The maximum absolute atomic E-state index is 12.8. The van der Waals surface area contributed by atoms with Crippen molar-refractivity contribution < 1.29 is 24.5 Å². The Morgan fingerprint density at radius 3 is 2.75 bits per heavy atom. The van der Waals surface area contributed by atoms with Gasteiger partial charge in [-0.3, -0.25) is 4.79 Å². The second-order valence-electron chi connectivity index (χ2n) is 3.14. The number of hydrogen-bond acceptors (Lipinski definition) is 4. The molecule has 1 aromatic heterocycles. The van der Waals surface area contributed by atoms with Crippen molar-refractivity contribution in [3.05, 3.63) is 28.8 Å². The third kappa shape index (κ3) is 3.13. The molecule has 5 nitrogen and oxygen atoms in total. The molecule has 0 radical (unpaired) electrons. The van der Waals surface area contributed by atoms with E-state index in [0.717, 1.165) is 12.3 Å². The predicted molar refractivity (Wildman–Crippen MR) is 52.4 cm³/mol. The van der Waals surface area contributed by atoms with Crippen LogP contribution in [-0.4, -0.2) is 32.4 Å². The average Bonchev–Trinajstić information content (AvgIpc) is 2.19. The minimum Gasteiger partial charge on any atom is -0.481 e. The minimum atomic E-state index is -1.57. The van der Waals surface area contributed by atoms with Crippen LogP contribution in [0.4, 0.5) is 4.39 Å². The van der Waals surface area contributed by atoms with E-state index >= 15 is 0 Å². The highest BCUT2D eigenvalue weighted by Gasteiger charge is 2.23. The fourth-order valence-corrected chi connectivity index (χ4v) is 1.37. The van der Waals surface area contributed by atoms with E-state index in [9.17, 15) is 19.4 Å². The summed E-state index contributed by atoms with van der Waals surface area (Å²) < 4.78 is 12.8. The van der Waals surface area contributed by atoms with Crippen molar-refractivity contribution in [1.82, 2.24) is 4.98 Å². The van der Waals surface area contributed by atoms with E-state index < -0.39 is 30.5 Å². The number of hydrogen-bond donors (Lipinski definition) is 3. The van der Waals surface area contributed by atoms with Gasteiger partial charge in [0.1, 0.15) is 6.10 Å². The number of aliphatic hydroxyl groups is 2. The van der Waals surface area contributed by atoms with Gasteiger partial charge in [0.2, 0.25) is 5.95 Å². The molecule has 1 aromatic rings. The molecule has 88 valence electrons. The van der Waals surface area contributed by atoms with Crippen LogP contribution in [0.1, 0.15) is 18.1 Å². The lowest BCUT2D eigenvalue weighted by atomic mass is 10.0. The van der Waals surface area contributed by atoms with Crippen molar-refractivity contribution in [2.45, 2.75) is 18.6 Å². The van der Waals surface area contributed by atoms with Crippen LogP contribution < -0.4 is 0 Å². The van der Waals surface area contributed by atoms with Gasteiger partial charge in [-0.2, -0.15) is 4.39 Å². The molecule has 0 saturated heterocycles. The molecular weight excluding hydrogens is 241 g/mol.